The van der Waals surface area contributed by atoms with Crippen LogP contribution in [0.3, 0.4) is 0 Å². The van der Waals surface area contributed by atoms with Crippen molar-refractivity contribution in [3.8, 4) is 0 Å². The van der Waals surface area contributed by atoms with Crippen molar-refractivity contribution in [3.05, 3.63) is 0 Å². The minimum atomic E-state index is -0.696. The molecule has 7 bridgehead atoms. The molecule has 5 saturated carbocycles. The Morgan fingerprint density at radius 3 is 2.56 bits per heavy atom. The van der Waals surface area contributed by atoms with Crippen LogP contribution in [0.2, 0.25) is 0 Å². The molecule has 7 rings (SSSR count). The third kappa shape index (κ3) is 1.97. The Kier molecular flexibility index (Phi) is 4.67. The average Bonchev–Trinajstić information content (AvgIpc) is 3.44. The second-order valence-corrected chi connectivity index (χ2v) is 12.0. The number of piperidine rings is 1. The summed E-state index contributed by atoms with van der Waals surface area (Å²) in [4.78, 5) is 15.6. The molecule has 13 atom stereocenters. The Morgan fingerprint density at radius 2 is 1.91 bits per heavy atom. The topological polar surface area (TPSA) is 75.7 Å². The third-order valence-corrected chi connectivity index (χ3v) is 12.0. The van der Waals surface area contributed by atoms with Gasteiger partial charge in [-0.1, -0.05) is 6.92 Å². The number of carbonyl (C=O) groups excluding carboxylic acids is 1. The molecule has 34 heavy (non-hydrogen) atoms. The Hall–Kier alpha value is -0.610. The minimum absolute atomic E-state index is 0.0263. The molecular formula is C26H39NO7. The molecule has 2 saturated heterocycles. The summed E-state index contributed by atoms with van der Waals surface area (Å²) >= 11 is 0. The predicted molar refractivity (Wildman–Crippen MR) is 120 cm³/mol. The van der Waals surface area contributed by atoms with E-state index in [1.807, 2.05) is 21.3 Å². The van der Waals surface area contributed by atoms with Crippen molar-refractivity contribution in [1.82, 2.24) is 4.90 Å². The van der Waals surface area contributed by atoms with Gasteiger partial charge in [0.2, 0.25) is 0 Å². The van der Waals surface area contributed by atoms with E-state index in [0.29, 0.717) is 5.92 Å². The maximum Gasteiger partial charge on any atom is 0.148 e. The van der Waals surface area contributed by atoms with Crippen molar-refractivity contribution >= 4 is 6.29 Å². The quantitative estimate of drug-likeness (QED) is 0.533. The molecule has 8 nitrogen and oxygen atoms in total. The first-order chi connectivity index (χ1) is 16.5. The summed E-state index contributed by atoms with van der Waals surface area (Å²) < 4.78 is 39.1. The van der Waals surface area contributed by atoms with Gasteiger partial charge in [0.1, 0.15) is 24.3 Å². The monoisotopic (exact) mass is 477 g/mol. The molecule has 0 aromatic carbocycles. The van der Waals surface area contributed by atoms with Gasteiger partial charge >= 0.3 is 0 Å². The summed E-state index contributed by atoms with van der Waals surface area (Å²) in [7, 11) is 7.31. The first-order valence-corrected chi connectivity index (χ1v) is 13.1. The van der Waals surface area contributed by atoms with E-state index in [0.717, 1.165) is 38.8 Å². The van der Waals surface area contributed by atoms with Crippen molar-refractivity contribution in [2.75, 3.05) is 48.3 Å². The van der Waals surface area contributed by atoms with Gasteiger partial charge in [0, 0.05) is 70.0 Å². The number of hydrogen-bond donors (Lipinski definition) is 0. The van der Waals surface area contributed by atoms with E-state index in [1.165, 1.54) is 6.29 Å². The van der Waals surface area contributed by atoms with Crippen LogP contribution in [0.4, 0.5) is 0 Å². The Balaban J connectivity index is 1.58. The number of hydrogen-bond acceptors (Lipinski definition) is 8. The first-order valence-electron chi connectivity index (χ1n) is 13.1. The fraction of sp³-hybridized carbons (Fsp3) is 0.962. The number of methoxy groups -OCH3 is 4. The molecule has 3 spiro atoms. The van der Waals surface area contributed by atoms with Gasteiger partial charge in [0.25, 0.3) is 0 Å². The van der Waals surface area contributed by atoms with Crippen LogP contribution in [0.15, 0.2) is 0 Å². The number of likely N-dealkylation sites (N-methyl/N-ethyl adjacent to an activating group) is 1. The third-order valence-electron chi connectivity index (χ3n) is 12.0. The number of nitrogens with zero attached hydrogens (tertiary/aromatic N) is 1. The molecule has 0 aromatic rings. The number of fused-ring (bicyclic) bond motifs is 1. The summed E-state index contributed by atoms with van der Waals surface area (Å²) in [6, 6.07) is 0.0638. The van der Waals surface area contributed by atoms with Crippen LogP contribution < -0.4 is 0 Å². The Labute approximate surface area is 201 Å². The molecule has 0 aromatic heterocycles. The van der Waals surface area contributed by atoms with Crippen LogP contribution in [0, 0.1) is 34.5 Å². The molecule has 0 radical (unpaired) electrons. The van der Waals surface area contributed by atoms with Crippen LogP contribution in [-0.2, 0) is 33.2 Å². The lowest BCUT2D eigenvalue weighted by Gasteiger charge is -2.69. The molecule has 1 unspecified atom stereocenters. The first kappa shape index (κ1) is 22.6. The van der Waals surface area contributed by atoms with E-state index >= 15 is 0 Å². The predicted octanol–water partition coefficient (Wildman–Crippen LogP) is 1.50. The van der Waals surface area contributed by atoms with Crippen molar-refractivity contribution in [1.29, 1.82) is 0 Å². The second-order valence-electron chi connectivity index (χ2n) is 12.0. The largest absolute Gasteiger partial charge is 0.381 e. The molecule has 0 N–H and O–H groups in total. The Morgan fingerprint density at radius 1 is 1.09 bits per heavy atom. The highest BCUT2D eigenvalue weighted by molar-refractivity contribution is 5.64. The van der Waals surface area contributed by atoms with Gasteiger partial charge in [-0.2, -0.15) is 0 Å². The van der Waals surface area contributed by atoms with Gasteiger partial charge < -0.3 is 33.2 Å². The second kappa shape index (κ2) is 7.03. The SMILES string of the molecule is CCN1C[C@]2(C=O)CC[C@H](OC)[C@@]34C1[C@@]1(OCO[C@]15C[C@H](OC)[C@H]1C[C@@H]3[C@@H]5[C@H]1OC)[C@@H](OC)[C@H]24. The summed E-state index contributed by atoms with van der Waals surface area (Å²) in [5.74, 6) is 0.770. The van der Waals surface area contributed by atoms with Crippen molar-refractivity contribution < 1.29 is 33.2 Å². The zero-order valence-electron chi connectivity index (χ0n) is 21.0. The van der Waals surface area contributed by atoms with Gasteiger partial charge in [-0.05, 0) is 31.7 Å². The number of carbonyl (C=O) groups is 1. The highest BCUT2D eigenvalue weighted by Gasteiger charge is 2.93. The minimum Gasteiger partial charge on any atom is -0.381 e. The van der Waals surface area contributed by atoms with Gasteiger partial charge in [0.05, 0.1) is 30.5 Å². The van der Waals surface area contributed by atoms with Gasteiger partial charge in [-0.15, -0.1) is 0 Å². The molecule has 2 aliphatic heterocycles. The maximum absolute atomic E-state index is 13.1. The molecule has 2 heterocycles. The van der Waals surface area contributed by atoms with Crippen LogP contribution in [0.25, 0.3) is 0 Å². The standard InChI is InChI=1S/C26H39NO7/c1-6-27-11-23(12-28)8-7-17(30-3)25-15-9-14-16(29-2)10-24(18(15)19(14)31-4)26(22(25)27,34-13-33-24)21(32-5)20(23)25/h12,14-22H,6-11,13H2,1-5H3/t14-,15-,16+,17+,18-,19+,20-,21+,22?,23+,24+,25+,26+/m1/s1. The molecule has 8 heteroatoms. The molecule has 7 fully saturated rings. The molecule has 0 amide bonds. The highest BCUT2D eigenvalue weighted by atomic mass is 16.7. The maximum atomic E-state index is 13.1. The van der Waals surface area contributed by atoms with Gasteiger partial charge in [-0.25, -0.2) is 0 Å². The van der Waals surface area contributed by atoms with Crippen molar-refractivity contribution in [3.63, 3.8) is 0 Å². The normalized spacial score (nSPS) is 60.9. The molecule has 190 valence electrons. The van der Waals surface area contributed by atoms with Crippen molar-refractivity contribution in [2.24, 2.45) is 34.5 Å². The van der Waals surface area contributed by atoms with Crippen molar-refractivity contribution in [2.45, 2.75) is 74.3 Å². The summed E-state index contributed by atoms with van der Waals surface area (Å²) in [6.07, 6.45) is 4.60. The lowest BCUT2D eigenvalue weighted by Crippen LogP contribution is -2.81. The number of likely N-dealkylation sites (tertiary alicyclic amines) is 1. The van der Waals surface area contributed by atoms with Crippen LogP contribution in [-0.4, -0.2) is 101 Å². The lowest BCUT2D eigenvalue weighted by molar-refractivity contribution is -0.280. The van der Waals surface area contributed by atoms with E-state index in [1.54, 1.807) is 7.11 Å². The van der Waals surface area contributed by atoms with E-state index < -0.39 is 16.6 Å². The van der Waals surface area contributed by atoms with Crippen LogP contribution >= 0.6 is 0 Å². The zero-order valence-corrected chi connectivity index (χ0v) is 21.0. The van der Waals surface area contributed by atoms with E-state index in [2.05, 4.69) is 11.8 Å². The van der Waals surface area contributed by atoms with Crippen LogP contribution in [0.1, 0.15) is 32.6 Å². The summed E-state index contributed by atoms with van der Waals surface area (Å²) in [6.45, 7) is 4.06. The fourth-order valence-corrected chi connectivity index (χ4v) is 11.6. The number of ether oxygens (including phenoxy) is 6. The smallest absolute Gasteiger partial charge is 0.148 e. The average molecular weight is 478 g/mol. The lowest BCUT2D eigenvalue weighted by atomic mass is 9.43. The summed E-state index contributed by atoms with van der Waals surface area (Å²) in [5, 5.41) is 0. The number of rotatable bonds is 6. The highest BCUT2D eigenvalue weighted by Crippen LogP contribution is 2.82. The molecular weight excluding hydrogens is 438 g/mol. The fourth-order valence-electron chi connectivity index (χ4n) is 11.6. The zero-order chi connectivity index (χ0) is 23.7. The summed E-state index contributed by atoms with van der Waals surface area (Å²) in [5.41, 5.74) is -2.01. The van der Waals surface area contributed by atoms with Crippen LogP contribution in [0.5, 0.6) is 0 Å². The number of aldehydes is 1. The Bertz CT molecular complexity index is 887. The van der Waals surface area contributed by atoms with E-state index in [-0.39, 0.29) is 60.4 Å². The van der Waals surface area contributed by atoms with Gasteiger partial charge in [-0.3, -0.25) is 4.90 Å². The van der Waals surface area contributed by atoms with Gasteiger partial charge in [0.15, 0.2) is 0 Å². The molecule has 7 aliphatic rings. The van der Waals surface area contributed by atoms with E-state index in [9.17, 15) is 4.79 Å². The molecule has 5 aliphatic carbocycles. The van der Waals surface area contributed by atoms with E-state index in [4.69, 9.17) is 28.4 Å².